The van der Waals surface area contributed by atoms with Crippen LogP contribution >= 0.6 is 0 Å². The quantitative estimate of drug-likeness (QED) is 0.761. The summed E-state index contributed by atoms with van der Waals surface area (Å²) >= 11 is 0. The molecule has 0 aliphatic rings. The van der Waals surface area contributed by atoms with Crippen molar-refractivity contribution in [3.63, 3.8) is 0 Å². The largest absolute Gasteiger partial charge is 0.481 e. The molecule has 2 aromatic rings. The second kappa shape index (κ2) is 6.78. The Balaban J connectivity index is 2.19. The zero-order valence-corrected chi connectivity index (χ0v) is 12.1. The van der Waals surface area contributed by atoms with E-state index in [9.17, 15) is 4.79 Å². The number of aromatic nitrogens is 2. The molecule has 0 atom stereocenters. The minimum absolute atomic E-state index is 0.0657. The predicted molar refractivity (Wildman–Crippen MR) is 82.1 cm³/mol. The topological polar surface area (TPSA) is 84.4 Å². The third-order valence-electron chi connectivity index (χ3n) is 3.26. The summed E-state index contributed by atoms with van der Waals surface area (Å²) in [6.45, 7) is 3.82. The van der Waals surface area contributed by atoms with Gasteiger partial charge in [0.2, 0.25) is 0 Å². The predicted octanol–water partition coefficient (Wildman–Crippen LogP) is 1.97. The highest BCUT2D eigenvalue weighted by atomic mass is 16.4. The number of carboxylic acids is 1. The van der Waals surface area contributed by atoms with Gasteiger partial charge in [-0.2, -0.15) is 5.10 Å². The van der Waals surface area contributed by atoms with Gasteiger partial charge in [0.05, 0.1) is 24.0 Å². The standard InChI is InChI=1S/C15H20N4O2/c1-2-19-11-12(9-17-19)10-18(8-7-15(20)21)14-6-4-3-5-13(14)16/h3-6,9,11H,2,7-8,10,16H2,1H3,(H,20,21). The summed E-state index contributed by atoms with van der Waals surface area (Å²) in [7, 11) is 0. The second-order valence-electron chi connectivity index (χ2n) is 4.83. The first kappa shape index (κ1) is 14.9. The van der Waals surface area contributed by atoms with E-state index in [0.29, 0.717) is 18.8 Å². The van der Waals surface area contributed by atoms with Crippen molar-refractivity contribution < 1.29 is 9.90 Å². The lowest BCUT2D eigenvalue weighted by Gasteiger charge is -2.25. The molecule has 0 aliphatic heterocycles. The van der Waals surface area contributed by atoms with Gasteiger partial charge in [-0.3, -0.25) is 9.48 Å². The minimum Gasteiger partial charge on any atom is -0.481 e. The Bertz CT molecular complexity index is 609. The Hall–Kier alpha value is -2.50. The van der Waals surface area contributed by atoms with Gasteiger partial charge in [-0.1, -0.05) is 12.1 Å². The van der Waals surface area contributed by atoms with Crippen molar-refractivity contribution in [2.75, 3.05) is 17.2 Å². The molecule has 0 bridgehead atoms. The van der Waals surface area contributed by atoms with Crippen LogP contribution in [0.1, 0.15) is 18.9 Å². The molecule has 3 N–H and O–H groups in total. The molecule has 0 fully saturated rings. The van der Waals surface area contributed by atoms with Crippen molar-refractivity contribution in [3.05, 3.63) is 42.2 Å². The third kappa shape index (κ3) is 3.98. The van der Waals surface area contributed by atoms with Crippen LogP contribution < -0.4 is 10.6 Å². The summed E-state index contributed by atoms with van der Waals surface area (Å²) in [5.41, 5.74) is 8.53. The van der Waals surface area contributed by atoms with E-state index in [0.717, 1.165) is 17.8 Å². The second-order valence-corrected chi connectivity index (χ2v) is 4.83. The maximum atomic E-state index is 10.8. The first-order valence-corrected chi connectivity index (χ1v) is 6.92. The van der Waals surface area contributed by atoms with E-state index in [2.05, 4.69) is 5.10 Å². The van der Waals surface area contributed by atoms with E-state index >= 15 is 0 Å². The van der Waals surface area contributed by atoms with Crippen LogP contribution in [0.4, 0.5) is 11.4 Å². The molecule has 1 aromatic carbocycles. The van der Waals surface area contributed by atoms with Crippen LogP contribution in [0.2, 0.25) is 0 Å². The number of hydrogen-bond acceptors (Lipinski definition) is 4. The number of para-hydroxylation sites is 2. The molecule has 112 valence electrons. The molecule has 0 saturated carbocycles. The summed E-state index contributed by atoms with van der Waals surface area (Å²) in [4.78, 5) is 12.8. The monoisotopic (exact) mass is 288 g/mol. The highest BCUT2D eigenvalue weighted by molar-refractivity contribution is 5.70. The summed E-state index contributed by atoms with van der Waals surface area (Å²) in [5.74, 6) is -0.821. The van der Waals surface area contributed by atoms with Crippen molar-refractivity contribution >= 4 is 17.3 Å². The lowest BCUT2D eigenvalue weighted by molar-refractivity contribution is -0.136. The average Bonchev–Trinajstić information content (AvgIpc) is 2.92. The van der Waals surface area contributed by atoms with Crippen molar-refractivity contribution in [1.29, 1.82) is 0 Å². The fourth-order valence-electron chi connectivity index (χ4n) is 2.17. The van der Waals surface area contributed by atoms with E-state index in [4.69, 9.17) is 10.8 Å². The zero-order chi connectivity index (χ0) is 15.2. The van der Waals surface area contributed by atoms with Crippen molar-refractivity contribution in [2.24, 2.45) is 0 Å². The van der Waals surface area contributed by atoms with E-state index in [1.165, 1.54) is 0 Å². The SMILES string of the molecule is CCn1cc(CN(CCC(=O)O)c2ccccc2N)cn1. The van der Waals surface area contributed by atoms with E-state index in [-0.39, 0.29) is 6.42 Å². The van der Waals surface area contributed by atoms with Gasteiger partial charge in [-0.15, -0.1) is 0 Å². The number of nitrogens with zero attached hydrogens (tertiary/aromatic N) is 3. The number of aryl methyl sites for hydroxylation is 1. The zero-order valence-electron chi connectivity index (χ0n) is 12.1. The number of hydrogen-bond donors (Lipinski definition) is 2. The van der Waals surface area contributed by atoms with Gasteiger partial charge in [-0.25, -0.2) is 0 Å². The van der Waals surface area contributed by atoms with Gasteiger partial charge in [0, 0.05) is 31.4 Å². The first-order chi connectivity index (χ1) is 10.1. The fraction of sp³-hybridized carbons (Fsp3) is 0.333. The Morgan fingerprint density at radius 1 is 1.43 bits per heavy atom. The molecule has 0 unspecified atom stereocenters. The molecule has 21 heavy (non-hydrogen) atoms. The lowest BCUT2D eigenvalue weighted by Crippen LogP contribution is -2.26. The summed E-state index contributed by atoms with van der Waals surface area (Å²) in [6, 6.07) is 7.48. The molecule has 6 nitrogen and oxygen atoms in total. The Kier molecular flexibility index (Phi) is 4.81. The Morgan fingerprint density at radius 3 is 2.81 bits per heavy atom. The van der Waals surface area contributed by atoms with E-state index in [1.807, 2.05) is 47.0 Å². The molecule has 1 aromatic heterocycles. The molecule has 0 radical (unpaired) electrons. The summed E-state index contributed by atoms with van der Waals surface area (Å²) in [5, 5.41) is 13.2. The highest BCUT2D eigenvalue weighted by Crippen LogP contribution is 2.24. The van der Waals surface area contributed by atoms with Gasteiger partial charge in [0.1, 0.15) is 0 Å². The molecule has 0 spiro atoms. The number of anilines is 2. The highest BCUT2D eigenvalue weighted by Gasteiger charge is 2.13. The molecular weight excluding hydrogens is 268 g/mol. The third-order valence-corrected chi connectivity index (χ3v) is 3.26. The van der Waals surface area contributed by atoms with Crippen LogP contribution in [0.25, 0.3) is 0 Å². The molecule has 2 rings (SSSR count). The first-order valence-electron chi connectivity index (χ1n) is 6.92. The fourth-order valence-corrected chi connectivity index (χ4v) is 2.17. The van der Waals surface area contributed by atoms with Crippen LogP contribution in [-0.4, -0.2) is 27.4 Å². The van der Waals surface area contributed by atoms with Crippen molar-refractivity contribution in [3.8, 4) is 0 Å². The smallest absolute Gasteiger partial charge is 0.305 e. The molecule has 6 heteroatoms. The number of nitrogen functional groups attached to an aromatic ring is 1. The average molecular weight is 288 g/mol. The summed E-state index contributed by atoms with van der Waals surface area (Å²) < 4.78 is 1.85. The summed E-state index contributed by atoms with van der Waals surface area (Å²) in [6.07, 6.45) is 3.83. The normalized spacial score (nSPS) is 10.5. The van der Waals surface area contributed by atoms with Crippen LogP contribution in [0.3, 0.4) is 0 Å². The van der Waals surface area contributed by atoms with E-state index in [1.54, 1.807) is 6.20 Å². The van der Waals surface area contributed by atoms with Crippen molar-refractivity contribution in [1.82, 2.24) is 9.78 Å². The van der Waals surface area contributed by atoms with Crippen LogP contribution in [0, 0.1) is 0 Å². The van der Waals surface area contributed by atoms with Gasteiger partial charge < -0.3 is 15.7 Å². The Labute approximate surface area is 123 Å². The molecule has 0 aliphatic carbocycles. The number of carboxylic acid groups (broad SMARTS) is 1. The maximum Gasteiger partial charge on any atom is 0.305 e. The maximum absolute atomic E-state index is 10.8. The van der Waals surface area contributed by atoms with Crippen LogP contribution in [0.5, 0.6) is 0 Å². The van der Waals surface area contributed by atoms with Gasteiger partial charge >= 0.3 is 5.97 Å². The van der Waals surface area contributed by atoms with Crippen LogP contribution in [0.15, 0.2) is 36.7 Å². The van der Waals surface area contributed by atoms with Gasteiger partial charge in [0.25, 0.3) is 0 Å². The number of nitrogens with two attached hydrogens (primary N) is 1. The molecule has 1 heterocycles. The molecule has 0 amide bonds. The van der Waals surface area contributed by atoms with E-state index < -0.39 is 5.97 Å². The van der Waals surface area contributed by atoms with Crippen LogP contribution in [-0.2, 0) is 17.9 Å². The molecule has 0 saturated heterocycles. The number of rotatable bonds is 7. The lowest BCUT2D eigenvalue weighted by atomic mass is 10.2. The Morgan fingerprint density at radius 2 is 2.19 bits per heavy atom. The number of carbonyl (C=O) groups is 1. The van der Waals surface area contributed by atoms with Gasteiger partial charge in [0.15, 0.2) is 0 Å². The number of aliphatic carboxylic acids is 1. The van der Waals surface area contributed by atoms with Crippen molar-refractivity contribution in [2.45, 2.75) is 26.4 Å². The van der Waals surface area contributed by atoms with Gasteiger partial charge in [-0.05, 0) is 19.1 Å². The number of benzene rings is 1. The molecular formula is C15H20N4O2. The minimum atomic E-state index is -0.821.